The van der Waals surface area contributed by atoms with Gasteiger partial charge in [-0.2, -0.15) is 0 Å². The predicted octanol–water partition coefficient (Wildman–Crippen LogP) is 4.10. The van der Waals surface area contributed by atoms with Crippen LogP contribution in [0, 0.1) is 0 Å². The fourth-order valence-corrected chi connectivity index (χ4v) is 5.19. The molecule has 3 aromatic rings. The maximum absolute atomic E-state index is 12.9. The molecule has 3 aromatic carbocycles. The maximum atomic E-state index is 12.9. The third kappa shape index (κ3) is 7.47. The van der Waals surface area contributed by atoms with Gasteiger partial charge in [0.1, 0.15) is 11.8 Å². The van der Waals surface area contributed by atoms with Gasteiger partial charge in [-0.05, 0) is 53.8 Å². The molecule has 0 bridgehead atoms. The summed E-state index contributed by atoms with van der Waals surface area (Å²) >= 11 is 12.6. The van der Waals surface area contributed by atoms with Crippen molar-refractivity contribution < 1.29 is 29.0 Å². The molecule has 0 fully saturated rings. The minimum absolute atomic E-state index is 0.112. The first-order chi connectivity index (χ1) is 19.7. The number of fused-ring (bicyclic) bond motifs is 1. The van der Waals surface area contributed by atoms with Crippen molar-refractivity contribution in [1.29, 1.82) is 0 Å². The highest BCUT2D eigenvalue weighted by molar-refractivity contribution is 6.40. The number of hydrogen-bond donors (Lipinski definition) is 5. The monoisotopic (exact) mass is 598 g/mol. The molecule has 0 saturated carbocycles. The summed E-state index contributed by atoms with van der Waals surface area (Å²) in [6, 6.07) is 15.3. The van der Waals surface area contributed by atoms with E-state index in [1.54, 1.807) is 25.3 Å². The molecule has 0 saturated heterocycles. The van der Waals surface area contributed by atoms with Gasteiger partial charge in [0.25, 0.3) is 11.8 Å². The number of halogens is 2. The lowest BCUT2D eigenvalue weighted by Gasteiger charge is -2.19. The van der Waals surface area contributed by atoms with Crippen molar-refractivity contribution in [2.75, 3.05) is 13.7 Å². The molecule has 5 N–H and O–H groups in total. The van der Waals surface area contributed by atoms with Crippen LogP contribution in [0.2, 0.25) is 10.0 Å². The van der Waals surface area contributed by atoms with Crippen molar-refractivity contribution >= 4 is 47.0 Å². The van der Waals surface area contributed by atoms with Crippen LogP contribution < -0.4 is 26.0 Å². The van der Waals surface area contributed by atoms with E-state index < -0.39 is 29.9 Å². The molecule has 12 heteroatoms. The van der Waals surface area contributed by atoms with E-state index >= 15 is 0 Å². The lowest BCUT2D eigenvalue weighted by Crippen LogP contribution is -2.50. The van der Waals surface area contributed by atoms with Crippen LogP contribution in [-0.4, -0.2) is 48.6 Å². The van der Waals surface area contributed by atoms with Gasteiger partial charge in [-0.25, -0.2) is 9.59 Å². The number of urea groups is 1. The van der Waals surface area contributed by atoms with E-state index in [2.05, 4.69) is 21.3 Å². The topological polar surface area (TPSA) is 146 Å². The van der Waals surface area contributed by atoms with Gasteiger partial charge < -0.3 is 31.1 Å². The second-order valence-electron chi connectivity index (χ2n) is 9.36. The highest BCUT2D eigenvalue weighted by Gasteiger charge is 2.27. The van der Waals surface area contributed by atoms with Gasteiger partial charge in [-0.15, -0.1) is 0 Å². The molecular formula is C29H28Cl2N4O6. The third-order valence-electron chi connectivity index (χ3n) is 6.63. The number of ether oxygens (including phenoxy) is 1. The van der Waals surface area contributed by atoms with Gasteiger partial charge in [-0.1, -0.05) is 59.6 Å². The molecule has 4 amide bonds. The number of aryl methyl sites for hydroxylation is 1. The zero-order chi connectivity index (χ0) is 29.5. The predicted molar refractivity (Wildman–Crippen MR) is 154 cm³/mol. The zero-order valence-corrected chi connectivity index (χ0v) is 23.5. The quantitative estimate of drug-likeness (QED) is 0.237. The minimum Gasteiger partial charge on any atom is -0.497 e. The number of carboxylic acids is 1. The van der Waals surface area contributed by atoms with Gasteiger partial charge in [0.15, 0.2) is 0 Å². The molecule has 214 valence electrons. The number of methoxy groups -OCH3 is 1. The number of hydrogen-bond acceptors (Lipinski definition) is 5. The number of carbonyl (C=O) groups excluding carboxylic acids is 3. The van der Waals surface area contributed by atoms with Crippen LogP contribution in [0.3, 0.4) is 0 Å². The second-order valence-corrected chi connectivity index (χ2v) is 10.2. The molecule has 0 heterocycles. The van der Waals surface area contributed by atoms with E-state index in [-0.39, 0.29) is 40.3 Å². The fraction of sp³-hybridized carbons (Fsp3) is 0.241. The van der Waals surface area contributed by atoms with E-state index in [0.717, 1.165) is 29.5 Å². The van der Waals surface area contributed by atoms with Crippen LogP contribution in [0.1, 0.15) is 49.9 Å². The van der Waals surface area contributed by atoms with Gasteiger partial charge in [0.05, 0.1) is 35.3 Å². The summed E-state index contributed by atoms with van der Waals surface area (Å²) in [7, 11) is 1.54. The summed E-state index contributed by atoms with van der Waals surface area (Å²) in [5.41, 5.74) is 2.90. The van der Waals surface area contributed by atoms with Crippen LogP contribution >= 0.6 is 23.2 Å². The Kier molecular flexibility index (Phi) is 9.69. The van der Waals surface area contributed by atoms with Gasteiger partial charge in [0.2, 0.25) is 0 Å². The van der Waals surface area contributed by atoms with Gasteiger partial charge in [0, 0.05) is 12.1 Å². The largest absolute Gasteiger partial charge is 0.497 e. The smallest absolute Gasteiger partial charge is 0.328 e. The highest BCUT2D eigenvalue weighted by Crippen LogP contribution is 2.30. The van der Waals surface area contributed by atoms with Gasteiger partial charge >= 0.3 is 12.0 Å². The van der Waals surface area contributed by atoms with Crippen LogP contribution in [-0.2, 0) is 17.8 Å². The van der Waals surface area contributed by atoms with E-state index in [9.17, 15) is 24.3 Å². The number of carboxylic acid groups (broad SMARTS) is 1. The summed E-state index contributed by atoms with van der Waals surface area (Å²) in [4.78, 5) is 49.9. The number of rotatable bonds is 10. The van der Waals surface area contributed by atoms with Crippen molar-refractivity contribution in [1.82, 2.24) is 21.3 Å². The summed E-state index contributed by atoms with van der Waals surface area (Å²) in [6.07, 6.45) is 1.57. The molecule has 1 aliphatic carbocycles. The van der Waals surface area contributed by atoms with Crippen molar-refractivity contribution in [2.45, 2.75) is 31.5 Å². The highest BCUT2D eigenvalue weighted by atomic mass is 35.5. The third-order valence-corrected chi connectivity index (χ3v) is 7.22. The van der Waals surface area contributed by atoms with Crippen molar-refractivity contribution in [3.63, 3.8) is 0 Å². The molecule has 0 spiro atoms. The molecule has 41 heavy (non-hydrogen) atoms. The van der Waals surface area contributed by atoms with Crippen LogP contribution in [0.4, 0.5) is 4.79 Å². The Morgan fingerprint density at radius 3 is 2.41 bits per heavy atom. The van der Waals surface area contributed by atoms with Gasteiger partial charge in [-0.3, -0.25) is 9.59 Å². The first-order valence-corrected chi connectivity index (χ1v) is 13.5. The standard InChI is InChI=1S/C29H28Cl2N4O6/c1-41-19-7-4-5-16(11-19)14-32-26(36)18-12-21(30)25(22(31)13-18)27(37)34-24(28(38)39)15-33-29(40)35-23-10-9-17-6-2-3-8-20(17)23/h2-8,11-13,23-24H,9-10,14-15H2,1H3,(H,32,36)(H,34,37)(H,38,39)(H2,33,35,40). The van der Waals surface area contributed by atoms with E-state index in [4.69, 9.17) is 27.9 Å². The Balaban J connectivity index is 1.35. The molecule has 10 nitrogen and oxygen atoms in total. The summed E-state index contributed by atoms with van der Waals surface area (Å²) in [5, 5.41) is 19.7. The Labute approximate surface area is 246 Å². The molecule has 0 aromatic heterocycles. The number of nitrogens with one attached hydrogen (secondary N) is 4. The summed E-state index contributed by atoms with van der Waals surface area (Å²) in [6.45, 7) is -0.178. The number of aliphatic carboxylic acids is 1. The van der Waals surface area contributed by atoms with Crippen molar-refractivity contribution in [3.8, 4) is 5.75 Å². The first kappa shape index (κ1) is 29.7. The number of amides is 4. The van der Waals surface area contributed by atoms with E-state index in [1.165, 1.54) is 12.1 Å². The number of benzene rings is 3. The molecule has 4 rings (SSSR count). The lowest BCUT2D eigenvalue weighted by molar-refractivity contribution is -0.139. The summed E-state index contributed by atoms with van der Waals surface area (Å²) in [5.74, 6) is -2.08. The zero-order valence-electron chi connectivity index (χ0n) is 22.0. The fourth-order valence-electron chi connectivity index (χ4n) is 4.53. The van der Waals surface area contributed by atoms with Crippen molar-refractivity contribution in [3.05, 3.63) is 98.5 Å². The molecule has 0 radical (unpaired) electrons. The first-order valence-electron chi connectivity index (χ1n) is 12.7. The van der Waals surface area contributed by atoms with E-state index in [0.29, 0.717) is 5.75 Å². The molecule has 2 unspecified atom stereocenters. The Morgan fingerprint density at radius 1 is 0.976 bits per heavy atom. The minimum atomic E-state index is -1.47. The van der Waals surface area contributed by atoms with Crippen LogP contribution in [0.15, 0.2) is 60.7 Å². The maximum Gasteiger partial charge on any atom is 0.328 e. The van der Waals surface area contributed by atoms with Crippen molar-refractivity contribution in [2.24, 2.45) is 0 Å². The van der Waals surface area contributed by atoms with Crippen LogP contribution in [0.25, 0.3) is 0 Å². The Hall–Kier alpha value is -4.28. The average Bonchev–Trinajstić information content (AvgIpc) is 3.36. The normalized spacial score (nSPS) is 14.4. The molecule has 0 aliphatic heterocycles. The second kappa shape index (κ2) is 13.4. The molecule has 1 aliphatic rings. The van der Waals surface area contributed by atoms with E-state index in [1.807, 2.05) is 30.3 Å². The number of carbonyl (C=O) groups is 4. The lowest BCUT2D eigenvalue weighted by atomic mass is 10.1. The SMILES string of the molecule is COc1cccc(CNC(=O)c2cc(Cl)c(C(=O)NC(CNC(=O)NC3CCc4ccccc43)C(=O)O)c(Cl)c2)c1. The Bertz CT molecular complexity index is 1460. The molecule has 2 atom stereocenters. The molecular weight excluding hydrogens is 571 g/mol. The Morgan fingerprint density at radius 2 is 1.71 bits per heavy atom. The summed E-state index contributed by atoms with van der Waals surface area (Å²) < 4.78 is 5.17. The average molecular weight is 599 g/mol. The van der Waals surface area contributed by atoms with Crippen LogP contribution in [0.5, 0.6) is 5.75 Å².